The van der Waals surface area contributed by atoms with Gasteiger partial charge in [-0.05, 0) is 37.1 Å². The SMILES string of the molecule is CC[C@@H](CO)N1C(=O)[C@@H]2[C@@H](C(=O)Nc3ccccc3)[C@@H]3SC2(CC3Br)C1C(=O)Nc1ccccc1Cl. The zero-order valence-corrected chi connectivity index (χ0v) is 22.7. The van der Waals surface area contributed by atoms with Gasteiger partial charge >= 0.3 is 0 Å². The summed E-state index contributed by atoms with van der Waals surface area (Å²) < 4.78 is -0.803. The Balaban J connectivity index is 1.54. The molecule has 3 aliphatic heterocycles. The number of nitrogens with one attached hydrogen (secondary N) is 2. The van der Waals surface area contributed by atoms with Crippen LogP contribution in [0.1, 0.15) is 19.8 Å². The first kappa shape index (κ1) is 25.6. The smallest absolute Gasteiger partial charge is 0.248 e. The van der Waals surface area contributed by atoms with Crippen molar-refractivity contribution < 1.29 is 19.5 Å². The van der Waals surface area contributed by atoms with Crippen molar-refractivity contribution in [2.75, 3.05) is 17.2 Å². The minimum Gasteiger partial charge on any atom is -0.394 e. The molecule has 190 valence electrons. The number of hydrogen-bond donors (Lipinski definition) is 3. The molecule has 10 heteroatoms. The van der Waals surface area contributed by atoms with E-state index in [9.17, 15) is 19.5 Å². The summed E-state index contributed by atoms with van der Waals surface area (Å²) in [6.07, 6.45) is 1.04. The number of rotatable bonds is 7. The summed E-state index contributed by atoms with van der Waals surface area (Å²) in [5.41, 5.74) is 1.12. The van der Waals surface area contributed by atoms with Crippen molar-refractivity contribution in [1.29, 1.82) is 0 Å². The highest BCUT2D eigenvalue weighted by molar-refractivity contribution is 9.09. The van der Waals surface area contributed by atoms with Crippen LogP contribution in [-0.4, -0.2) is 61.2 Å². The standard InChI is InChI=1S/C26H27BrClN3O4S/c1-2-15(13-32)31-22(24(34)30-18-11-7-6-10-17(18)28)26-12-16(27)21(36-26)19(20(26)25(31)35)23(33)29-14-8-4-3-5-9-14/h3-11,15-16,19-22,32H,2,12-13H2,1H3,(H,29,33)(H,30,34)/t15-,16?,19+,20-,21+,22?,26?/m0/s1. The lowest BCUT2D eigenvalue weighted by Crippen LogP contribution is -2.55. The van der Waals surface area contributed by atoms with Gasteiger partial charge < -0.3 is 20.6 Å². The third-order valence-electron chi connectivity index (χ3n) is 7.53. The molecule has 3 saturated heterocycles. The average molecular weight is 593 g/mol. The number of amides is 3. The summed E-state index contributed by atoms with van der Waals surface area (Å²) in [6.45, 7) is 1.61. The summed E-state index contributed by atoms with van der Waals surface area (Å²) in [5.74, 6) is -2.13. The lowest BCUT2D eigenvalue weighted by atomic mass is 9.70. The number of halogens is 2. The molecule has 3 amide bonds. The van der Waals surface area contributed by atoms with E-state index >= 15 is 0 Å². The highest BCUT2D eigenvalue weighted by Gasteiger charge is 2.76. The highest BCUT2D eigenvalue weighted by Crippen LogP contribution is 2.68. The van der Waals surface area contributed by atoms with Gasteiger partial charge in [0.2, 0.25) is 17.7 Å². The fourth-order valence-electron chi connectivity index (χ4n) is 5.98. The molecule has 1 spiro atoms. The minimum absolute atomic E-state index is 0.0390. The predicted molar refractivity (Wildman–Crippen MR) is 145 cm³/mol. The topological polar surface area (TPSA) is 98.7 Å². The number of fused-ring (bicyclic) bond motifs is 1. The first-order chi connectivity index (χ1) is 17.3. The number of likely N-dealkylation sites (tertiary alicyclic amines) is 1. The van der Waals surface area contributed by atoms with Crippen molar-refractivity contribution >= 4 is 68.4 Å². The van der Waals surface area contributed by atoms with Crippen LogP contribution in [0.2, 0.25) is 5.02 Å². The number of thioether (sulfide) groups is 1. The van der Waals surface area contributed by atoms with Crippen molar-refractivity contribution in [3.05, 3.63) is 59.6 Å². The zero-order valence-electron chi connectivity index (χ0n) is 19.6. The van der Waals surface area contributed by atoms with Gasteiger partial charge in [0, 0.05) is 15.8 Å². The molecule has 0 radical (unpaired) electrons. The molecule has 2 bridgehead atoms. The van der Waals surface area contributed by atoms with Crippen LogP contribution in [0.4, 0.5) is 11.4 Å². The molecule has 2 aromatic carbocycles. The Morgan fingerprint density at radius 2 is 1.86 bits per heavy atom. The monoisotopic (exact) mass is 591 g/mol. The number of nitrogens with zero attached hydrogens (tertiary/aromatic N) is 1. The minimum atomic E-state index is -0.854. The number of para-hydroxylation sites is 2. The maximum Gasteiger partial charge on any atom is 0.248 e. The molecule has 36 heavy (non-hydrogen) atoms. The molecule has 5 rings (SSSR count). The van der Waals surface area contributed by atoms with Gasteiger partial charge in [-0.15, -0.1) is 11.8 Å². The van der Waals surface area contributed by atoms with Gasteiger partial charge in [-0.3, -0.25) is 14.4 Å². The van der Waals surface area contributed by atoms with E-state index in [1.165, 1.54) is 4.90 Å². The Kier molecular flexibility index (Phi) is 7.11. The summed E-state index contributed by atoms with van der Waals surface area (Å²) in [5, 5.41) is 16.3. The van der Waals surface area contributed by atoms with Gasteiger partial charge in [0.05, 0.1) is 39.9 Å². The second-order valence-electron chi connectivity index (χ2n) is 9.48. The number of aliphatic hydroxyl groups excluding tert-OH is 1. The van der Waals surface area contributed by atoms with Gasteiger partial charge in [0.25, 0.3) is 0 Å². The fraction of sp³-hybridized carbons (Fsp3) is 0.423. The number of alkyl halides is 1. The van der Waals surface area contributed by atoms with Crippen molar-refractivity contribution in [2.45, 2.75) is 46.7 Å². The zero-order chi connectivity index (χ0) is 25.6. The largest absolute Gasteiger partial charge is 0.394 e. The van der Waals surface area contributed by atoms with E-state index in [-0.39, 0.29) is 34.4 Å². The van der Waals surface area contributed by atoms with E-state index in [4.69, 9.17) is 11.6 Å². The molecule has 3 heterocycles. The number of aliphatic hydroxyl groups is 1. The average Bonchev–Trinajstić information content (AvgIpc) is 3.46. The van der Waals surface area contributed by atoms with Crippen LogP contribution in [0.25, 0.3) is 0 Å². The van der Waals surface area contributed by atoms with E-state index < -0.39 is 28.7 Å². The molecular formula is C26H27BrClN3O4S. The van der Waals surface area contributed by atoms with Gasteiger partial charge in [0.1, 0.15) is 6.04 Å². The Morgan fingerprint density at radius 1 is 1.17 bits per heavy atom. The van der Waals surface area contributed by atoms with Crippen LogP contribution in [0.5, 0.6) is 0 Å². The molecule has 3 aliphatic rings. The van der Waals surface area contributed by atoms with Crippen LogP contribution >= 0.6 is 39.3 Å². The quantitative estimate of drug-likeness (QED) is 0.420. The van der Waals surface area contributed by atoms with E-state index in [0.717, 1.165) is 0 Å². The molecule has 7 atom stereocenters. The van der Waals surface area contributed by atoms with Crippen LogP contribution in [0.15, 0.2) is 54.6 Å². The molecule has 0 saturated carbocycles. The Hall–Kier alpha value is -2.07. The van der Waals surface area contributed by atoms with Crippen molar-refractivity contribution in [3.63, 3.8) is 0 Å². The van der Waals surface area contributed by atoms with Gasteiger partial charge in [-0.25, -0.2) is 0 Å². The summed E-state index contributed by atoms with van der Waals surface area (Å²) >= 11 is 11.6. The molecule has 0 aromatic heterocycles. The van der Waals surface area contributed by atoms with E-state index in [2.05, 4.69) is 26.6 Å². The Labute approximate surface area is 227 Å². The maximum atomic E-state index is 14.0. The first-order valence-electron chi connectivity index (χ1n) is 12.0. The molecule has 3 fully saturated rings. The van der Waals surface area contributed by atoms with E-state index in [0.29, 0.717) is 29.2 Å². The first-order valence-corrected chi connectivity index (χ1v) is 14.2. The predicted octanol–water partition coefficient (Wildman–Crippen LogP) is 4.15. The lowest BCUT2D eigenvalue weighted by molar-refractivity contribution is -0.141. The van der Waals surface area contributed by atoms with Crippen LogP contribution in [0.3, 0.4) is 0 Å². The van der Waals surface area contributed by atoms with Gasteiger partial charge in [-0.2, -0.15) is 0 Å². The molecular weight excluding hydrogens is 566 g/mol. The van der Waals surface area contributed by atoms with Gasteiger partial charge in [0.15, 0.2) is 0 Å². The summed E-state index contributed by atoms with van der Waals surface area (Å²) in [6, 6.07) is 14.7. The van der Waals surface area contributed by atoms with Crippen LogP contribution in [-0.2, 0) is 14.4 Å². The molecule has 2 aromatic rings. The second-order valence-corrected chi connectivity index (χ2v) is 12.6. The third-order valence-corrected chi connectivity index (χ3v) is 11.1. The number of benzene rings is 2. The van der Waals surface area contributed by atoms with Crippen molar-refractivity contribution in [1.82, 2.24) is 4.90 Å². The Morgan fingerprint density at radius 3 is 2.53 bits per heavy atom. The fourth-order valence-corrected chi connectivity index (χ4v) is 9.77. The molecule has 0 aliphatic carbocycles. The second kappa shape index (κ2) is 10.0. The van der Waals surface area contributed by atoms with Crippen LogP contribution in [0, 0.1) is 11.8 Å². The molecule has 7 nitrogen and oxygen atoms in total. The van der Waals surface area contributed by atoms with Crippen molar-refractivity contribution in [3.8, 4) is 0 Å². The van der Waals surface area contributed by atoms with Gasteiger partial charge in [-0.1, -0.05) is 64.8 Å². The maximum absolute atomic E-state index is 14.0. The van der Waals surface area contributed by atoms with E-state index in [1.54, 1.807) is 48.2 Å². The highest BCUT2D eigenvalue weighted by atomic mass is 79.9. The summed E-state index contributed by atoms with van der Waals surface area (Å²) in [7, 11) is 0. The normalized spacial score (nSPS) is 31.3. The number of hydrogen-bond acceptors (Lipinski definition) is 5. The summed E-state index contributed by atoms with van der Waals surface area (Å²) in [4.78, 5) is 43.0. The molecule has 3 N–H and O–H groups in total. The third kappa shape index (κ3) is 4.04. The van der Waals surface area contributed by atoms with E-state index in [1.807, 2.05) is 25.1 Å². The number of carbonyl (C=O) groups is 3. The molecule has 3 unspecified atom stereocenters. The van der Waals surface area contributed by atoms with Crippen molar-refractivity contribution in [2.24, 2.45) is 11.8 Å². The lowest BCUT2D eigenvalue weighted by Gasteiger charge is -2.37. The number of anilines is 2. The van der Waals surface area contributed by atoms with Crippen LogP contribution < -0.4 is 10.6 Å². The number of carbonyl (C=O) groups excluding carboxylic acids is 3. The Bertz CT molecular complexity index is 1180.